The molecule has 2 aromatic rings. The van der Waals surface area contributed by atoms with Crippen molar-refractivity contribution >= 4 is 26.0 Å². The minimum Gasteiger partial charge on any atom is -0.207 e. The van der Waals surface area contributed by atoms with Crippen molar-refractivity contribution in [2.24, 2.45) is 0 Å². The summed E-state index contributed by atoms with van der Waals surface area (Å²) in [5, 5.41) is 8.68. The van der Waals surface area contributed by atoms with Gasteiger partial charge in [0, 0.05) is 11.0 Å². The second-order valence-corrected chi connectivity index (χ2v) is 6.86. The number of sulfonamides is 1. The van der Waals surface area contributed by atoms with Gasteiger partial charge in [0.15, 0.2) is 0 Å². The minimum atomic E-state index is -3.93. The summed E-state index contributed by atoms with van der Waals surface area (Å²) in [6.45, 7) is 0.0174. The Morgan fingerprint density at radius 2 is 1.86 bits per heavy atom. The van der Waals surface area contributed by atoms with Crippen molar-refractivity contribution < 1.29 is 12.8 Å². The summed E-state index contributed by atoms with van der Waals surface area (Å²) >= 11 is 3.07. The lowest BCUT2D eigenvalue weighted by molar-refractivity contribution is 0.556. The molecule has 0 unspecified atom stereocenters. The predicted octanol–water partition coefficient (Wildman–Crippen LogP) is 2.94. The van der Waals surface area contributed by atoms with E-state index in [1.807, 2.05) is 6.07 Å². The summed E-state index contributed by atoms with van der Waals surface area (Å²) in [5.41, 5.74) is 1.16. The van der Waals surface area contributed by atoms with Crippen LogP contribution in [0.25, 0.3) is 0 Å². The molecule has 0 heterocycles. The predicted molar refractivity (Wildman–Crippen MR) is 79.3 cm³/mol. The number of nitrogens with one attached hydrogen (secondary N) is 1. The fraction of sp³-hybridized carbons (Fsp3) is 0.0714. The lowest BCUT2D eigenvalue weighted by Gasteiger charge is -2.08. The smallest absolute Gasteiger partial charge is 0.207 e. The lowest BCUT2D eigenvalue weighted by Crippen LogP contribution is -2.24. The largest absolute Gasteiger partial charge is 0.243 e. The van der Waals surface area contributed by atoms with Crippen molar-refractivity contribution in [3.63, 3.8) is 0 Å². The van der Waals surface area contributed by atoms with E-state index in [1.165, 1.54) is 12.1 Å². The van der Waals surface area contributed by atoms with Crippen LogP contribution in [-0.4, -0.2) is 8.42 Å². The van der Waals surface area contributed by atoms with Crippen molar-refractivity contribution in [2.45, 2.75) is 11.4 Å². The number of nitrogens with zero attached hydrogens (tertiary/aromatic N) is 1. The quantitative estimate of drug-likeness (QED) is 0.901. The van der Waals surface area contributed by atoms with Crippen LogP contribution >= 0.6 is 15.9 Å². The Kier molecular flexibility index (Phi) is 4.73. The van der Waals surface area contributed by atoms with Crippen molar-refractivity contribution in [3.05, 3.63) is 63.9 Å². The van der Waals surface area contributed by atoms with Gasteiger partial charge >= 0.3 is 0 Å². The average Bonchev–Trinajstić information content (AvgIpc) is 2.45. The number of nitriles is 1. The molecule has 0 fully saturated rings. The molecule has 1 N–H and O–H groups in total. The third-order valence-corrected chi connectivity index (χ3v) is 4.66. The highest BCUT2D eigenvalue weighted by Gasteiger charge is 2.18. The van der Waals surface area contributed by atoms with Gasteiger partial charge in [0.1, 0.15) is 10.7 Å². The first-order valence-corrected chi connectivity index (χ1v) is 8.14. The van der Waals surface area contributed by atoms with E-state index < -0.39 is 20.7 Å². The maximum Gasteiger partial charge on any atom is 0.243 e. The van der Waals surface area contributed by atoms with E-state index in [9.17, 15) is 12.8 Å². The molecule has 21 heavy (non-hydrogen) atoms. The second kappa shape index (κ2) is 6.35. The molecule has 0 aliphatic rings. The molecule has 7 heteroatoms. The van der Waals surface area contributed by atoms with Crippen LogP contribution in [0.1, 0.15) is 11.1 Å². The Morgan fingerprint density at radius 3 is 2.43 bits per heavy atom. The van der Waals surface area contributed by atoms with E-state index in [0.29, 0.717) is 15.6 Å². The van der Waals surface area contributed by atoms with Crippen LogP contribution < -0.4 is 4.72 Å². The third kappa shape index (κ3) is 3.88. The molecule has 0 bridgehead atoms. The SMILES string of the molecule is N#Cc1ccc(CNS(=O)(=O)c2ccc(Br)cc2F)cc1. The van der Waals surface area contributed by atoms with Crippen LogP contribution in [0.5, 0.6) is 0 Å². The standard InChI is InChI=1S/C14H10BrFN2O2S/c15-12-5-6-14(13(16)7-12)21(19,20)18-9-11-3-1-10(8-17)2-4-11/h1-7,18H,9H2. The van der Waals surface area contributed by atoms with E-state index in [1.54, 1.807) is 24.3 Å². The number of benzene rings is 2. The Balaban J connectivity index is 2.16. The van der Waals surface area contributed by atoms with Crippen LogP contribution in [0, 0.1) is 17.1 Å². The van der Waals surface area contributed by atoms with Gasteiger partial charge in [-0.1, -0.05) is 28.1 Å². The molecule has 4 nitrogen and oxygen atoms in total. The van der Waals surface area contributed by atoms with Gasteiger partial charge in [-0.15, -0.1) is 0 Å². The molecule has 2 rings (SSSR count). The Hall–Kier alpha value is -1.75. The van der Waals surface area contributed by atoms with Crippen LogP contribution in [0.2, 0.25) is 0 Å². The molecule has 0 aliphatic heterocycles. The number of hydrogen-bond donors (Lipinski definition) is 1. The number of rotatable bonds is 4. The monoisotopic (exact) mass is 368 g/mol. The summed E-state index contributed by atoms with van der Waals surface area (Å²) in [6, 6.07) is 12.2. The first kappa shape index (κ1) is 15.6. The van der Waals surface area contributed by atoms with E-state index in [2.05, 4.69) is 20.7 Å². The molecular formula is C14H10BrFN2O2S. The first-order chi connectivity index (χ1) is 9.92. The van der Waals surface area contributed by atoms with Gasteiger partial charge in [-0.05, 0) is 35.9 Å². The summed E-state index contributed by atoms with van der Waals surface area (Å²) in [6.07, 6.45) is 0. The maximum absolute atomic E-state index is 13.7. The van der Waals surface area contributed by atoms with Gasteiger partial charge < -0.3 is 0 Å². The van der Waals surface area contributed by atoms with Crippen molar-refractivity contribution in [1.82, 2.24) is 4.72 Å². The van der Waals surface area contributed by atoms with Crippen molar-refractivity contribution in [3.8, 4) is 6.07 Å². The topological polar surface area (TPSA) is 70.0 Å². The molecule has 0 saturated carbocycles. The fourth-order valence-electron chi connectivity index (χ4n) is 1.65. The zero-order valence-electron chi connectivity index (χ0n) is 10.7. The van der Waals surface area contributed by atoms with Crippen molar-refractivity contribution in [1.29, 1.82) is 5.26 Å². The molecular weight excluding hydrogens is 359 g/mol. The Morgan fingerprint density at radius 1 is 1.19 bits per heavy atom. The van der Waals surface area contributed by atoms with Crippen LogP contribution in [0.3, 0.4) is 0 Å². The molecule has 0 spiro atoms. The molecule has 0 aromatic heterocycles. The normalized spacial score (nSPS) is 11.1. The second-order valence-electron chi connectivity index (χ2n) is 4.21. The van der Waals surface area contributed by atoms with Gasteiger partial charge in [-0.2, -0.15) is 5.26 Å². The van der Waals surface area contributed by atoms with E-state index in [0.717, 1.165) is 6.07 Å². The zero-order chi connectivity index (χ0) is 15.5. The lowest BCUT2D eigenvalue weighted by atomic mass is 10.1. The Labute approximate surface area is 130 Å². The highest BCUT2D eigenvalue weighted by molar-refractivity contribution is 9.10. The number of hydrogen-bond acceptors (Lipinski definition) is 3. The molecule has 108 valence electrons. The van der Waals surface area contributed by atoms with Crippen LogP contribution in [0.4, 0.5) is 4.39 Å². The highest BCUT2D eigenvalue weighted by atomic mass is 79.9. The van der Waals surface area contributed by atoms with Gasteiger partial charge in [-0.3, -0.25) is 0 Å². The minimum absolute atomic E-state index is 0.0174. The van der Waals surface area contributed by atoms with E-state index in [-0.39, 0.29) is 6.54 Å². The third-order valence-electron chi connectivity index (χ3n) is 2.73. The van der Waals surface area contributed by atoms with Crippen molar-refractivity contribution in [2.75, 3.05) is 0 Å². The zero-order valence-corrected chi connectivity index (χ0v) is 13.1. The fourth-order valence-corrected chi connectivity index (χ4v) is 3.05. The molecule has 0 radical (unpaired) electrons. The van der Waals surface area contributed by atoms with Gasteiger partial charge in [0.05, 0.1) is 11.6 Å². The highest BCUT2D eigenvalue weighted by Crippen LogP contribution is 2.19. The van der Waals surface area contributed by atoms with E-state index >= 15 is 0 Å². The van der Waals surface area contributed by atoms with E-state index in [4.69, 9.17) is 5.26 Å². The van der Waals surface area contributed by atoms with Crippen LogP contribution in [0.15, 0.2) is 51.8 Å². The van der Waals surface area contributed by atoms with Gasteiger partial charge in [0.2, 0.25) is 10.0 Å². The summed E-state index contributed by atoms with van der Waals surface area (Å²) in [4.78, 5) is -0.403. The Bertz CT molecular complexity index is 799. The van der Waals surface area contributed by atoms with Gasteiger partial charge in [-0.25, -0.2) is 17.5 Å². The number of halogens is 2. The molecule has 0 saturated heterocycles. The maximum atomic E-state index is 13.7. The summed E-state index contributed by atoms with van der Waals surface area (Å²) in [7, 11) is -3.93. The van der Waals surface area contributed by atoms with Crippen LogP contribution in [-0.2, 0) is 16.6 Å². The summed E-state index contributed by atoms with van der Waals surface area (Å²) in [5.74, 6) is -0.822. The molecule has 2 aromatic carbocycles. The molecule has 0 atom stereocenters. The average molecular weight is 369 g/mol. The van der Waals surface area contributed by atoms with Gasteiger partial charge in [0.25, 0.3) is 0 Å². The summed E-state index contributed by atoms with van der Waals surface area (Å²) < 4.78 is 40.6. The molecule has 0 aliphatic carbocycles. The molecule has 0 amide bonds. The first-order valence-electron chi connectivity index (χ1n) is 5.86.